The van der Waals surface area contributed by atoms with Gasteiger partial charge >= 0.3 is 12.1 Å². The number of alkyl carbamates (subject to hydrolysis) is 1. The van der Waals surface area contributed by atoms with Crippen LogP contribution in [0.4, 0.5) is 4.79 Å². The van der Waals surface area contributed by atoms with E-state index in [1.807, 2.05) is 18.2 Å². The number of nitrogens with one attached hydrogen (secondary N) is 1. The summed E-state index contributed by atoms with van der Waals surface area (Å²) < 4.78 is 4.77. The van der Waals surface area contributed by atoms with Crippen LogP contribution in [-0.2, 0) is 9.53 Å². The third kappa shape index (κ3) is 12.2. The van der Waals surface area contributed by atoms with Crippen LogP contribution >= 0.6 is 0 Å². The van der Waals surface area contributed by atoms with E-state index in [9.17, 15) is 9.59 Å². The lowest BCUT2D eigenvalue weighted by molar-refractivity contribution is -0.136. The van der Waals surface area contributed by atoms with Crippen molar-refractivity contribution in [3.8, 4) is 0 Å². The molecule has 0 spiro atoms. The van der Waals surface area contributed by atoms with Gasteiger partial charge in [0.1, 0.15) is 12.1 Å². The first-order valence-corrected chi connectivity index (χ1v) is 5.91. The molecular weight excluding hydrogens is 246 g/mol. The predicted octanol–water partition coefficient (Wildman–Crippen LogP) is 2.59. The maximum Gasteiger partial charge on any atom is 0.408 e. The molecule has 1 rings (SSSR count). The Kier molecular flexibility index (Phi) is 7.26. The molecular formula is C14H21NO4. The maximum absolute atomic E-state index is 10.8. The van der Waals surface area contributed by atoms with E-state index >= 15 is 0 Å². The highest BCUT2D eigenvalue weighted by Gasteiger charge is 2.15. The second-order valence-electron chi connectivity index (χ2n) is 4.90. The summed E-state index contributed by atoms with van der Waals surface area (Å²) in [5, 5.41) is 10.3. The highest BCUT2D eigenvalue weighted by molar-refractivity contribution is 5.76. The Morgan fingerprint density at radius 2 is 1.74 bits per heavy atom. The largest absolute Gasteiger partial charge is 0.480 e. The van der Waals surface area contributed by atoms with Gasteiger partial charge in [0.05, 0.1) is 0 Å². The molecule has 1 amide bonds. The summed E-state index contributed by atoms with van der Waals surface area (Å²) in [5.41, 5.74) is 0.727. The number of rotatable bonds is 2. The molecule has 5 heteroatoms. The van der Waals surface area contributed by atoms with Crippen LogP contribution in [0.25, 0.3) is 0 Å². The van der Waals surface area contributed by atoms with Gasteiger partial charge in [0.25, 0.3) is 0 Å². The van der Waals surface area contributed by atoms with Gasteiger partial charge in [-0.2, -0.15) is 0 Å². The van der Waals surface area contributed by atoms with Crippen LogP contribution in [0.5, 0.6) is 0 Å². The third-order valence-electron chi connectivity index (χ3n) is 1.72. The van der Waals surface area contributed by atoms with Crippen molar-refractivity contribution < 1.29 is 19.4 Å². The van der Waals surface area contributed by atoms with Crippen molar-refractivity contribution in [2.24, 2.45) is 0 Å². The number of carboxylic acids is 1. The minimum Gasteiger partial charge on any atom is -0.480 e. The number of benzene rings is 1. The lowest BCUT2D eigenvalue weighted by atomic mass is 10.2. The van der Waals surface area contributed by atoms with E-state index in [1.54, 1.807) is 20.8 Å². The van der Waals surface area contributed by atoms with Crippen LogP contribution in [-0.4, -0.2) is 29.3 Å². The number of carbonyl (C=O) groups excluding carboxylic acids is 1. The zero-order valence-corrected chi connectivity index (χ0v) is 11.8. The number of carbonyl (C=O) groups is 2. The fourth-order valence-corrected chi connectivity index (χ4v) is 0.996. The van der Waals surface area contributed by atoms with E-state index in [0.717, 1.165) is 0 Å². The van der Waals surface area contributed by atoms with Gasteiger partial charge in [-0.15, -0.1) is 0 Å². The summed E-state index contributed by atoms with van der Waals surface area (Å²) >= 11 is 0. The lowest BCUT2D eigenvalue weighted by Gasteiger charge is -2.19. The molecule has 5 nitrogen and oxygen atoms in total. The van der Waals surface area contributed by atoms with E-state index in [0.29, 0.717) is 0 Å². The number of hydrogen-bond acceptors (Lipinski definition) is 3. The molecule has 0 saturated heterocycles. The smallest absolute Gasteiger partial charge is 0.408 e. The number of hydrogen-bond donors (Lipinski definition) is 2. The summed E-state index contributed by atoms with van der Waals surface area (Å²) in [6.45, 7) is 6.77. The van der Waals surface area contributed by atoms with Gasteiger partial charge in [-0.3, -0.25) is 4.79 Å². The average Bonchev–Trinajstić information content (AvgIpc) is 2.26. The zero-order valence-electron chi connectivity index (χ0n) is 11.8. The van der Waals surface area contributed by atoms with Crippen molar-refractivity contribution in [3.05, 3.63) is 35.9 Å². The summed E-state index contributed by atoms with van der Waals surface area (Å²) in [6, 6.07) is 10.3. The van der Waals surface area contributed by atoms with Crippen LogP contribution in [0.15, 0.2) is 30.3 Å². The van der Waals surface area contributed by atoms with E-state index in [2.05, 4.69) is 24.4 Å². The maximum atomic E-state index is 10.8. The Labute approximate surface area is 113 Å². The Balaban J connectivity index is 0.000000388. The van der Waals surface area contributed by atoms with Gasteiger partial charge < -0.3 is 15.2 Å². The van der Waals surface area contributed by atoms with Crippen LogP contribution < -0.4 is 5.32 Å². The molecule has 0 heterocycles. The number of carboxylic acid groups (broad SMARTS) is 1. The third-order valence-corrected chi connectivity index (χ3v) is 1.72. The normalized spacial score (nSPS) is 9.89. The van der Waals surface area contributed by atoms with Gasteiger partial charge in [0, 0.05) is 0 Å². The number of amides is 1. The van der Waals surface area contributed by atoms with Crippen molar-refractivity contribution in [1.82, 2.24) is 5.32 Å². The molecule has 0 unspecified atom stereocenters. The molecule has 0 aliphatic carbocycles. The van der Waals surface area contributed by atoms with Gasteiger partial charge in [-0.05, 0) is 27.7 Å². The summed E-state index contributed by atoms with van der Waals surface area (Å²) in [5.74, 6) is -1.10. The van der Waals surface area contributed by atoms with Crippen molar-refractivity contribution in [2.75, 3.05) is 6.54 Å². The monoisotopic (exact) mass is 267 g/mol. The van der Waals surface area contributed by atoms with E-state index in [4.69, 9.17) is 9.84 Å². The Morgan fingerprint density at radius 1 is 1.21 bits per heavy atom. The minimum absolute atomic E-state index is 0.422. The Hall–Kier alpha value is -2.04. The lowest BCUT2D eigenvalue weighted by Crippen LogP contribution is -2.35. The molecule has 0 bridgehead atoms. The second kappa shape index (κ2) is 8.13. The molecule has 0 atom stereocenters. The van der Waals surface area contributed by atoms with Gasteiger partial charge in [0.15, 0.2) is 0 Å². The van der Waals surface area contributed by atoms with Crippen molar-refractivity contribution >= 4 is 12.1 Å². The van der Waals surface area contributed by atoms with Crippen molar-refractivity contribution in [3.63, 3.8) is 0 Å². The topological polar surface area (TPSA) is 75.6 Å². The molecule has 0 aliphatic rings. The van der Waals surface area contributed by atoms with E-state index in [1.165, 1.54) is 5.56 Å². The first-order chi connectivity index (χ1) is 8.70. The van der Waals surface area contributed by atoms with E-state index < -0.39 is 24.2 Å². The quantitative estimate of drug-likeness (QED) is 0.863. The summed E-state index contributed by atoms with van der Waals surface area (Å²) in [6.07, 6.45) is -0.718. The molecule has 0 aromatic heterocycles. The van der Waals surface area contributed by atoms with Gasteiger partial charge in [-0.25, -0.2) is 4.79 Å². The molecule has 106 valence electrons. The highest BCUT2D eigenvalue weighted by Crippen LogP contribution is 2.05. The average molecular weight is 267 g/mol. The molecule has 1 aromatic carbocycles. The summed E-state index contributed by atoms with van der Waals surface area (Å²) in [4.78, 5) is 20.8. The van der Waals surface area contributed by atoms with E-state index in [-0.39, 0.29) is 0 Å². The fraction of sp³-hybridized carbons (Fsp3) is 0.429. The van der Waals surface area contributed by atoms with Crippen molar-refractivity contribution in [2.45, 2.75) is 33.3 Å². The molecule has 0 saturated carbocycles. The number of ether oxygens (including phenoxy) is 1. The standard InChI is InChI=1S/C7H13NO4.C7H8/c1-7(2,3)12-6(11)8-4-5(9)10;1-7-5-3-2-4-6-7/h4H2,1-3H3,(H,8,11)(H,9,10);2-6H,1H3. The van der Waals surface area contributed by atoms with Crippen LogP contribution in [0.1, 0.15) is 26.3 Å². The molecule has 0 aliphatic heterocycles. The fourth-order valence-electron chi connectivity index (χ4n) is 0.996. The van der Waals surface area contributed by atoms with Gasteiger partial charge in [0.2, 0.25) is 0 Å². The molecule has 2 N–H and O–H groups in total. The van der Waals surface area contributed by atoms with Crippen LogP contribution in [0.2, 0.25) is 0 Å². The Morgan fingerprint density at radius 3 is 2.05 bits per heavy atom. The van der Waals surface area contributed by atoms with Crippen molar-refractivity contribution in [1.29, 1.82) is 0 Å². The predicted molar refractivity (Wildman–Crippen MR) is 73.1 cm³/mol. The molecule has 0 fully saturated rings. The van der Waals surface area contributed by atoms with Gasteiger partial charge in [-0.1, -0.05) is 35.9 Å². The zero-order chi connectivity index (χ0) is 14.9. The van der Waals surface area contributed by atoms with Crippen LogP contribution in [0.3, 0.4) is 0 Å². The first-order valence-electron chi connectivity index (χ1n) is 5.91. The molecule has 19 heavy (non-hydrogen) atoms. The summed E-state index contributed by atoms with van der Waals surface area (Å²) in [7, 11) is 0. The number of aliphatic carboxylic acids is 1. The first kappa shape index (κ1) is 17.0. The minimum atomic E-state index is -1.10. The Bertz CT molecular complexity index is 396. The van der Waals surface area contributed by atoms with Crippen LogP contribution in [0, 0.1) is 6.92 Å². The highest BCUT2D eigenvalue weighted by atomic mass is 16.6. The number of aryl methyl sites for hydroxylation is 1. The SMILES string of the molecule is CC(C)(C)OC(=O)NCC(=O)O.Cc1ccccc1. The second-order valence-corrected chi connectivity index (χ2v) is 4.90. The molecule has 0 radical (unpaired) electrons. The molecule has 1 aromatic rings.